The second-order valence-corrected chi connectivity index (χ2v) is 4.51. The highest BCUT2D eigenvalue weighted by Crippen LogP contribution is 2.36. The van der Waals surface area contributed by atoms with E-state index in [-0.39, 0.29) is 5.16 Å². The van der Waals surface area contributed by atoms with E-state index in [1.54, 1.807) is 13.8 Å². The Bertz CT molecular complexity index is 98.6. The number of hydrogen-bond donors (Lipinski definition) is 1. The zero-order valence-corrected chi connectivity index (χ0v) is 6.56. The van der Waals surface area contributed by atoms with Crippen LogP contribution in [0.5, 0.6) is 0 Å². The van der Waals surface area contributed by atoms with E-state index >= 15 is 0 Å². The van der Waals surface area contributed by atoms with E-state index in [1.807, 2.05) is 6.92 Å². The van der Waals surface area contributed by atoms with Crippen molar-refractivity contribution in [2.45, 2.75) is 32.3 Å². The predicted molar refractivity (Wildman–Crippen MR) is 35.6 cm³/mol. The lowest BCUT2D eigenvalue weighted by atomic mass is 10.1. The van der Waals surface area contributed by atoms with E-state index in [1.165, 1.54) is 0 Å². The average Bonchev–Trinajstić information content (AvgIpc) is 1.67. The molecule has 0 aromatic heterocycles. The minimum atomic E-state index is -2.31. The standard InChI is InChI=1S/C5H13O2P/c1-4-5(2,3)8(6)7/h8H,4H2,1-3H3,(H,6,7). The SMILES string of the molecule is CCC(C)(C)[PH](=O)O. The fourth-order valence-corrected chi connectivity index (χ4v) is 0.454. The highest BCUT2D eigenvalue weighted by atomic mass is 31.1. The molecule has 1 atom stereocenters. The van der Waals surface area contributed by atoms with Gasteiger partial charge in [-0.05, 0) is 6.42 Å². The summed E-state index contributed by atoms with van der Waals surface area (Å²) in [5.74, 6) is 0. The van der Waals surface area contributed by atoms with E-state index < -0.39 is 8.03 Å². The number of hydrogen-bond acceptors (Lipinski definition) is 1. The van der Waals surface area contributed by atoms with Crippen molar-refractivity contribution >= 4 is 8.03 Å². The van der Waals surface area contributed by atoms with Gasteiger partial charge in [0.2, 0.25) is 0 Å². The first-order valence-electron chi connectivity index (χ1n) is 2.74. The summed E-state index contributed by atoms with van der Waals surface area (Å²) in [6.45, 7) is 5.52. The summed E-state index contributed by atoms with van der Waals surface area (Å²) in [6.07, 6.45) is 0.765. The maximum absolute atomic E-state index is 10.4. The van der Waals surface area contributed by atoms with Crippen LogP contribution in [0.25, 0.3) is 0 Å². The smallest absolute Gasteiger partial charge is 0.194 e. The fourth-order valence-electron chi connectivity index (χ4n) is 0.151. The van der Waals surface area contributed by atoms with Crippen LogP contribution < -0.4 is 0 Å². The van der Waals surface area contributed by atoms with Crippen LogP contribution in [0.2, 0.25) is 0 Å². The molecule has 1 unspecified atom stereocenters. The van der Waals surface area contributed by atoms with E-state index in [2.05, 4.69) is 0 Å². The summed E-state index contributed by atoms with van der Waals surface area (Å²) in [6, 6.07) is 0. The Morgan fingerprint density at radius 2 is 2.00 bits per heavy atom. The molecule has 1 N–H and O–H groups in total. The molecular formula is C5H13O2P. The van der Waals surface area contributed by atoms with Crippen LogP contribution in [-0.4, -0.2) is 10.0 Å². The van der Waals surface area contributed by atoms with Crippen LogP contribution in [0.15, 0.2) is 0 Å². The van der Waals surface area contributed by atoms with Gasteiger partial charge in [0.05, 0.1) is 0 Å². The van der Waals surface area contributed by atoms with Gasteiger partial charge in [-0.2, -0.15) is 0 Å². The van der Waals surface area contributed by atoms with Crippen LogP contribution >= 0.6 is 8.03 Å². The topological polar surface area (TPSA) is 37.3 Å². The van der Waals surface area contributed by atoms with Gasteiger partial charge in [-0.15, -0.1) is 0 Å². The minimum absolute atomic E-state index is 0.356. The summed E-state index contributed by atoms with van der Waals surface area (Å²) in [4.78, 5) is 8.63. The Kier molecular flexibility index (Phi) is 2.72. The zero-order chi connectivity index (χ0) is 6.78. The Morgan fingerprint density at radius 3 is 2.00 bits per heavy atom. The van der Waals surface area contributed by atoms with Crippen molar-refractivity contribution < 1.29 is 9.46 Å². The van der Waals surface area contributed by atoms with Gasteiger partial charge in [0.1, 0.15) is 0 Å². The second-order valence-electron chi connectivity index (χ2n) is 2.54. The largest absolute Gasteiger partial charge is 0.346 e. The quantitative estimate of drug-likeness (QED) is 0.586. The molecule has 0 bridgehead atoms. The molecule has 0 aromatic carbocycles. The van der Waals surface area contributed by atoms with Gasteiger partial charge in [0.25, 0.3) is 0 Å². The highest BCUT2D eigenvalue weighted by molar-refractivity contribution is 7.39. The van der Waals surface area contributed by atoms with Crippen molar-refractivity contribution in [3.05, 3.63) is 0 Å². The molecule has 3 heteroatoms. The monoisotopic (exact) mass is 136 g/mol. The summed E-state index contributed by atoms with van der Waals surface area (Å²) < 4.78 is 10.4. The van der Waals surface area contributed by atoms with Crippen molar-refractivity contribution in [3.63, 3.8) is 0 Å². The molecule has 0 aliphatic carbocycles. The van der Waals surface area contributed by atoms with Crippen LogP contribution in [0, 0.1) is 0 Å². The normalized spacial score (nSPS) is 16.0. The third-order valence-electron chi connectivity index (χ3n) is 1.46. The molecule has 8 heavy (non-hydrogen) atoms. The van der Waals surface area contributed by atoms with Crippen molar-refractivity contribution in [3.8, 4) is 0 Å². The zero-order valence-electron chi connectivity index (χ0n) is 5.56. The summed E-state index contributed by atoms with van der Waals surface area (Å²) in [5.41, 5.74) is 0. The maximum Gasteiger partial charge on any atom is 0.194 e. The van der Waals surface area contributed by atoms with Crippen LogP contribution in [-0.2, 0) is 4.57 Å². The molecule has 0 radical (unpaired) electrons. The Labute approximate surface area is 50.8 Å². The van der Waals surface area contributed by atoms with Crippen molar-refractivity contribution in [2.24, 2.45) is 0 Å². The van der Waals surface area contributed by atoms with Gasteiger partial charge >= 0.3 is 0 Å². The first-order chi connectivity index (χ1) is 3.50. The molecule has 0 saturated carbocycles. The average molecular weight is 136 g/mol. The molecular weight excluding hydrogens is 123 g/mol. The van der Waals surface area contributed by atoms with Gasteiger partial charge in [-0.1, -0.05) is 20.8 Å². The van der Waals surface area contributed by atoms with Crippen LogP contribution in [0.3, 0.4) is 0 Å². The maximum atomic E-state index is 10.4. The Morgan fingerprint density at radius 1 is 1.62 bits per heavy atom. The molecule has 0 saturated heterocycles. The van der Waals surface area contributed by atoms with Gasteiger partial charge in [0.15, 0.2) is 8.03 Å². The molecule has 0 fully saturated rings. The second kappa shape index (κ2) is 2.65. The molecule has 2 nitrogen and oxygen atoms in total. The molecule has 50 valence electrons. The predicted octanol–water partition coefficient (Wildman–Crippen LogP) is 1.64. The fraction of sp³-hybridized carbons (Fsp3) is 1.00. The Hall–Kier alpha value is 0.190. The molecule has 0 amide bonds. The van der Waals surface area contributed by atoms with Gasteiger partial charge in [-0.25, -0.2) is 0 Å². The van der Waals surface area contributed by atoms with E-state index in [9.17, 15) is 4.57 Å². The lowest BCUT2D eigenvalue weighted by Crippen LogP contribution is -2.11. The van der Waals surface area contributed by atoms with Gasteiger partial charge in [0, 0.05) is 5.16 Å². The third kappa shape index (κ3) is 1.97. The van der Waals surface area contributed by atoms with Crippen LogP contribution in [0.1, 0.15) is 27.2 Å². The van der Waals surface area contributed by atoms with Gasteiger partial charge < -0.3 is 4.89 Å². The van der Waals surface area contributed by atoms with Crippen molar-refractivity contribution in [1.82, 2.24) is 0 Å². The third-order valence-corrected chi connectivity index (χ3v) is 2.97. The van der Waals surface area contributed by atoms with Crippen molar-refractivity contribution in [1.29, 1.82) is 0 Å². The van der Waals surface area contributed by atoms with E-state index in [4.69, 9.17) is 4.89 Å². The molecule has 0 heterocycles. The lowest BCUT2D eigenvalue weighted by Gasteiger charge is -2.16. The molecule has 0 aliphatic rings. The summed E-state index contributed by atoms with van der Waals surface area (Å²) >= 11 is 0. The van der Waals surface area contributed by atoms with Crippen molar-refractivity contribution in [2.75, 3.05) is 0 Å². The molecule has 0 aromatic rings. The summed E-state index contributed by atoms with van der Waals surface area (Å²) in [5, 5.41) is -0.356. The van der Waals surface area contributed by atoms with E-state index in [0.29, 0.717) is 0 Å². The molecule has 0 aliphatic heterocycles. The molecule has 0 spiro atoms. The van der Waals surface area contributed by atoms with Crippen LogP contribution in [0.4, 0.5) is 0 Å². The molecule has 0 rings (SSSR count). The highest BCUT2D eigenvalue weighted by Gasteiger charge is 2.20. The van der Waals surface area contributed by atoms with E-state index in [0.717, 1.165) is 6.42 Å². The van der Waals surface area contributed by atoms with Gasteiger partial charge in [-0.3, -0.25) is 4.57 Å². The Balaban J connectivity index is 3.91. The summed E-state index contributed by atoms with van der Waals surface area (Å²) in [7, 11) is -2.31. The first kappa shape index (κ1) is 8.19. The lowest BCUT2D eigenvalue weighted by molar-refractivity contribution is 0.459. The minimum Gasteiger partial charge on any atom is -0.346 e. The number of rotatable bonds is 2. The first-order valence-corrected chi connectivity index (χ1v) is 4.09.